The smallest absolute Gasteiger partial charge is 0.436 e. The summed E-state index contributed by atoms with van der Waals surface area (Å²) >= 11 is 8.73. The molecular weight excluding hydrogens is 521 g/mol. The second-order valence-corrected chi connectivity index (χ2v) is 7.77. The molecule has 0 aliphatic heterocycles. The average Bonchev–Trinajstić information content (AvgIpc) is 2.99. The summed E-state index contributed by atoms with van der Waals surface area (Å²) in [5.74, 6) is -0.596. The van der Waals surface area contributed by atoms with Crippen LogP contribution in [-0.2, 0) is 13.2 Å². The zero-order valence-corrected chi connectivity index (χ0v) is 18.7. The first kappa shape index (κ1) is 23.5. The summed E-state index contributed by atoms with van der Waals surface area (Å²) in [5.41, 5.74) is -1.44. The fourth-order valence-electron chi connectivity index (χ4n) is 2.75. The predicted octanol–water partition coefficient (Wildman–Crippen LogP) is 6.12. The zero-order chi connectivity index (χ0) is 23.8. The molecule has 0 fully saturated rings. The van der Waals surface area contributed by atoms with Crippen molar-refractivity contribution in [2.75, 3.05) is 5.32 Å². The molecule has 168 valence electrons. The molecule has 1 heterocycles. The van der Waals surface area contributed by atoms with Crippen LogP contribution in [0, 0.1) is 17.0 Å². The van der Waals surface area contributed by atoms with Crippen molar-refractivity contribution in [2.24, 2.45) is 7.05 Å². The number of amides is 1. The minimum atomic E-state index is -4.78. The SMILES string of the molecule is Cc1cc(Oc2cc(NC(=O)c3c(Br)c(C(F)(F)F)nn3C)cc([N+](=O)[O-])c2)ccc1Cl. The fourth-order valence-corrected chi connectivity index (χ4v) is 3.61. The van der Waals surface area contributed by atoms with E-state index in [-0.39, 0.29) is 11.4 Å². The van der Waals surface area contributed by atoms with Gasteiger partial charge in [-0.3, -0.25) is 19.6 Å². The Morgan fingerprint density at radius 2 is 1.94 bits per heavy atom. The molecule has 32 heavy (non-hydrogen) atoms. The van der Waals surface area contributed by atoms with Gasteiger partial charge in [-0.2, -0.15) is 18.3 Å². The third-order valence-electron chi connectivity index (χ3n) is 4.20. The number of nitro groups is 1. The number of nitrogens with zero attached hydrogens (tertiary/aromatic N) is 3. The first-order valence-corrected chi connectivity index (χ1v) is 9.88. The lowest BCUT2D eigenvalue weighted by molar-refractivity contribution is -0.384. The number of anilines is 1. The standard InChI is InChI=1S/C19H13BrClF3N4O4/c1-9-5-12(3-4-14(9)21)32-13-7-10(6-11(8-13)28(30)31)25-18(29)16-15(20)17(19(22,23)24)26-27(16)2/h3-8H,1-2H3,(H,25,29). The maximum Gasteiger partial charge on any atom is 0.436 e. The summed E-state index contributed by atoms with van der Waals surface area (Å²) in [6.07, 6.45) is -4.78. The van der Waals surface area contributed by atoms with Gasteiger partial charge in [0.25, 0.3) is 11.6 Å². The average molecular weight is 534 g/mol. The molecule has 2 aromatic carbocycles. The van der Waals surface area contributed by atoms with E-state index in [4.69, 9.17) is 16.3 Å². The number of aryl methyl sites for hydroxylation is 2. The Morgan fingerprint density at radius 3 is 2.50 bits per heavy atom. The molecule has 0 saturated heterocycles. The number of halogens is 5. The van der Waals surface area contributed by atoms with Gasteiger partial charge < -0.3 is 10.1 Å². The Morgan fingerprint density at radius 1 is 1.25 bits per heavy atom. The van der Waals surface area contributed by atoms with Gasteiger partial charge in [-0.1, -0.05) is 11.6 Å². The molecule has 8 nitrogen and oxygen atoms in total. The van der Waals surface area contributed by atoms with Crippen LogP contribution in [0.1, 0.15) is 21.7 Å². The second kappa shape index (κ2) is 8.79. The van der Waals surface area contributed by atoms with E-state index in [0.29, 0.717) is 16.3 Å². The molecule has 0 bridgehead atoms. The van der Waals surface area contributed by atoms with Crippen molar-refractivity contribution >= 4 is 44.8 Å². The van der Waals surface area contributed by atoms with Gasteiger partial charge in [0.05, 0.1) is 21.1 Å². The molecule has 1 N–H and O–H groups in total. The molecule has 0 spiro atoms. The monoisotopic (exact) mass is 532 g/mol. The lowest BCUT2D eigenvalue weighted by Gasteiger charge is -2.11. The van der Waals surface area contributed by atoms with Crippen LogP contribution in [0.5, 0.6) is 11.5 Å². The summed E-state index contributed by atoms with van der Waals surface area (Å²) in [6, 6.07) is 8.24. The largest absolute Gasteiger partial charge is 0.457 e. The van der Waals surface area contributed by atoms with E-state index >= 15 is 0 Å². The zero-order valence-electron chi connectivity index (χ0n) is 16.3. The molecule has 0 aliphatic carbocycles. The lowest BCUT2D eigenvalue weighted by Crippen LogP contribution is -2.16. The molecule has 13 heteroatoms. The topological polar surface area (TPSA) is 99.3 Å². The van der Waals surface area contributed by atoms with E-state index in [1.807, 2.05) is 0 Å². The Balaban J connectivity index is 1.94. The van der Waals surface area contributed by atoms with E-state index in [2.05, 4.69) is 26.3 Å². The maximum atomic E-state index is 13.1. The summed E-state index contributed by atoms with van der Waals surface area (Å²) < 4.78 is 45.0. The van der Waals surface area contributed by atoms with E-state index in [1.54, 1.807) is 25.1 Å². The van der Waals surface area contributed by atoms with Crippen molar-refractivity contribution in [1.82, 2.24) is 9.78 Å². The molecule has 0 aliphatic rings. The normalized spacial score (nSPS) is 11.3. The van der Waals surface area contributed by atoms with Crippen LogP contribution in [0.15, 0.2) is 40.9 Å². The summed E-state index contributed by atoms with van der Waals surface area (Å²) in [5, 5.41) is 17.5. The molecule has 1 amide bonds. The van der Waals surface area contributed by atoms with Gasteiger partial charge in [0.1, 0.15) is 17.2 Å². The summed E-state index contributed by atoms with van der Waals surface area (Å²) in [7, 11) is 1.17. The van der Waals surface area contributed by atoms with Crippen molar-refractivity contribution in [2.45, 2.75) is 13.1 Å². The third-order valence-corrected chi connectivity index (χ3v) is 5.37. The fraction of sp³-hybridized carbons (Fsp3) is 0.158. The number of carbonyl (C=O) groups is 1. The Labute approximate surface area is 192 Å². The van der Waals surface area contributed by atoms with Gasteiger partial charge in [0.2, 0.25) is 0 Å². The number of ether oxygens (including phenoxy) is 1. The lowest BCUT2D eigenvalue weighted by atomic mass is 10.2. The van der Waals surface area contributed by atoms with Gasteiger partial charge in [0, 0.05) is 24.2 Å². The van der Waals surface area contributed by atoms with Crippen LogP contribution in [0.25, 0.3) is 0 Å². The number of carbonyl (C=O) groups excluding carboxylic acids is 1. The van der Waals surface area contributed by atoms with Crippen molar-refractivity contribution in [3.63, 3.8) is 0 Å². The van der Waals surface area contributed by atoms with E-state index in [1.165, 1.54) is 13.1 Å². The van der Waals surface area contributed by atoms with Gasteiger partial charge >= 0.3 is 6.18 Å². The number of nitro benzene ring substituents is 1. The molecule has 3 aromatic rings. The van der Waals surface area contributed by atoms with E-state index in [9.17, 15) is 28.1 Å². The first-order valence-electron chi connectivity index (χ1n) is 8.71. The van der Waals surface area contributed by atoms with Crippen molar-refractivity contribution in [3.05, 3.63) is 73.0 Å². The molecule has 0 unspecified atom stereocenters. The molecule has 0 atom stereocenters. The van der Waals surface area contributed by atoms with Gasteiger partial charge in [0.15, 0.2) is 5.69 Å². The number of rotatable bonds is 5. The Kier molecular flexibility index (Phi) is 6.46. The molecule has 3 rings (SSSR count). The van der Waals surface area contributed by atoms with Crippen LogP contribution in [-0.4, -0.2) is 20.6 Å². The highest BCUT2D eigenvalue weighted by Crippen LogP contribution is 2.36. The number of hydrogen-bond donors (Lipinski definition) is 1. The number of benzene rings is 2. The molecular formula is C19H13BrClF3N4O4. The number of nitrogens with one attached hydrogen (secondary N) is 1. The summed E-state index contributed by atoms with van der Waals surface area (Å²) in [6.45, 7) is 1.75. The van der Waals surface area contributed by atoms with Crippen molar-refractivity contribution in [3.8, 4) is 11.5 Å². The molecule has 0 saturated carbocycles. The van der Waals surface area contributed by atoms with Crippen molar-refractivity contribution < 1.29 is 27.6 Å². The second-order valence-electron chi connectivity index (χ2n) is 6.57. The first-order chi connectivity index (χ1) is 14.9. The van der Waals surface area contributed by atoms with Crippen LogP contribution >= 0.6 is 27.5 Å². The van der Waals surface area contributed by atoms with Crippen molar-refractivity contribution in [1.29, 1.82) is 0 Å². The maximum absolute atomic E-state index is 13.1. The molecule has 0 radical (unpaired) electrons. The van der Waals surface area contributed by atoms with Gasteiger partial charge in [-0.15, -0.1) is 0 Å². The molecule has 1 aromatic heterocycles. The number of hydrogen-bond acceptors (Lipinski definition) is 5. The minimum Gasteiger partial charge on any atom is -0.457 e. The van der Waals surface area contributed by atoms with E-state index in [0.717, 1.165) is 16.8 Å². The summed E-state index contributed by atoms with van der Waals surface area (Å²) in [4.78, 5) is 23.2. The minimum absolute atomic E-state index is 0.0243. The van der Waals surface area contributed by atoms with Crippen LogP contribution < -0.4 is 10.1 Å². The highest BCUT2D eigenvalue weighted by Gasteiger charge is 2.39. The highest BCUT2D eigenvalue weighted by atomic mass is 79.9. The Hall–Kier alpha value is -3.12. The number of aromatic nitrogens is 2. The number of alkyl halides is 3. The van der Waals surface area contributed by atoms with Crippen LogP contribution in [0.2, 0.25) is 5.02 Å². The van der Waals surface area contributed by atoms with Gasteiger partial charge in [-0.05, 0) is 46.6 Å². The van der Waals surface area contributed by atoms with Gasteiger partial charge in [-0.25, -0.2) is 0 Å². The quantitative estimate of drug-likeness (QED) is 0.315. The van der Waals surface area contributed by atoms with Crippen LogP contribution in [0.3, 0.4) is 0 Å². The Bertz CT molecular complexity index is 1230. The highest BCUT2D eigenvalue weighted by molar-refractivity contribution is 9.10. The van der Waals surface area contributed by atoms with Crippen LogP contribution in [0.4, 0.5) is 24.5 Å². The third kappa shape index (κ3) is 5.02. The predicted molar refractivity (Wildman–Crippen MR) is 113 cm³/mol. The van der Waals surface area contributed by atoms with E-state index < -0.39 is 38.6 Å². The number of non-ortho nitro benzene ring substituents is 1.